The molecule has 1 fully saturated rings. The van der Waals surface area contributed by atoms with E-state index in [0.717, 1.165) is 18.7 Å². The van der Waals surface area contributed by atoms with Crippen LogP contribution in [0.25, 0.3) is 0 Å². The molecule has 1 saturated heterocycles. The van der Waals surface area contributed by atoms with Gasteiger partial charge in [-0.1, -0.05) is 13.8 Å². The molecule has 0 saturated carbocycles. The van der Waals surface area contributed by atoms with Crippen LogP contribution in [0.5, 0.6) is 6.01 Å². The molecule has 0 N–H and O–H groups in total. The molecule has 0 atom stereocenters. The van der Waals surface area contributed by atoms with Crippen molar-refractivity contribution >= 4 is 0 Å². The van der Waals surface area contributed by atoms with Crippen molar-refractivity contribution in [2.45, 2.75) is 27.2 Å². The third-order valence-corrected chi connectivity index (χ3v) is 3.24. The quantitative estimate of drug-likeness (QED) is 0.796. The first kappa shape index (κ1) is 12.3. The lowest BCUT2D eigenvalue weighted by molar-refractivity contribution is 0.0324. The molecular weight excluding hydrogens is 214 g/mol. The number of aryl methyl sites for hydroxylation is 1. The van der Waals surface area contributed by atoms with Crippen molar-refractivity contribution in [2.75, 3.05) is 26.7 Å². The van der Waals surface area contributed by atoms with E-state index in [-0.39, 0.29) is 0 Å². The van der Waals surface area contributed by atoms with Gasteiger partial charge in [-0.3, -0.25) is 0 Å². The van der Waals surface area contributed by atoms with Gasteiger partial charge in [-0.05, 0) is 24.3 Å². The van der Waals surface area contributed by atoms with E-state index in [1.165, 1.54) is 18.7 Å². The summed E-state index contributed by atoms with van der Waals surface area (Å²) in [6.07, 6.45) is 2.90. The fraction of sp³-hybridized carbons (Fsp3) is 0.692. The monoisotopic (exact) mass is 235 g/mol. The Bertz CT molecular complexity index is 396. The van der Waals surface area contributed by atoms with Gasteiger partial charge >= 0.3 is 6.01 Å². The molecule has 0 unspecified atom stereocenters. The van der Waals surface area contributed by atoms with Crippen LogP contribution in [0.4, 0.5) is 0 Å². The molecule has 0 spiro atoms. The van der Waals surface area contributed by atoms with Crippen LogP contribution in [0.15, 0.2) is 6.20 Å². The molecule has 4 heteroatoms. The molecule has 4 nitrogen and oxygen atoms in total. The second-order valence-electron chi connectivity index (χ2n) is 5.59. The summed E-state index contributed by atoms with van der Waals surface area (Å²) >= 11 is 0. The second kappa shape index (κ2) is 4.61. The summed E-state index contributed by atoms with van der Waals surface area (Å²) in [7, 11) is 1.59. The zero-order chi connectivity index (χ0) is 12.5. The fourth-order valence-corrected chi connectivity index (χ4v) is 2.42. The topological polar surface area (TPSA) is 38.2 Å². The number of hydrogen-bond donors (Lipinski definition) is 0. The third kappa shape index (κ3) is 2.94. The van der Waals surface area contributed by atoms with Crippen molar-refractivity contribution < 1.29 is 4.74 Å². The van der Waals surface area contributed by atoms with E-state index >= 15 is 0 Å². The second-order valence-corrected chi connectivity index (χ2v) is 5.59. The Kier molecular flexibility index (Phi) is 3.33. The largest absolute Gasteiger partial charge is 0.467 e. The molecule has 2 rings (SSSR count). The van der Waals surface area contributed by atoms with E-state index in [2.05, 4.69) is 28.7 Å². The first-order valence-electron chi connectivity index (χ1n) is 6.09. The minimum Gasteiger partial charge on any atom is -0.467 e. The van der Waals surface area contributed by atoms with Crippen molar-refractivity contribution in [3.05, 3.63) is 17.5 Å². The number of hydrogen-bond acceptors (Lipinski definition) is 4. The maximum Gasteiger partial charge on any atom is 0.316 e. The molecule has 0 bridgehead atoms. The lowest BCUT2D eigenvalue weighted by Crippen LogP contribution is -2.53. The highest BCUT2D eigenvalue weighted by atomic mass is 16.5. The normalized spacial score (nSPS) is 18.8. The molecule has 2 heterocycles. The molecule has 94 valence electrons. The summed E-state index contributed by atoms with van der Waals surface area (Å²) in [6, 6.07) is 0.455. The first-order valence-corrected chi connectivity index (χ1v) is 6.09. The Morgan fingerprint density at radius 1 is 1.41 bits per heavy atom. The van der Waals surface area contributed by atoms with Gasteiger partial charge in [0.25, 0.3) is 0 Å². The van der Waals surface area contributed by atoms with E-state index < -0.39 is 0 Å². The fourth-order valence-electron chi connectivity index (χ4n) is 2.42. The number of aromatic nitrogens is 2. The van der Waals surface area contributed by atoms with Crippen LogP contribution in [0.2, 0.25) is 0 Å². The van der Waals surface area contributed by atoms with Crippen LogP contribution in [-0.2, 0) is 6.42 Å². The van der Waals surface area contributed by atoms with Gasteiger partial charge in [-0.15, -0.1) is 0 Å². The van der Waals surface area contributed by atoms with E-state index in [4.69, 9.17) is 4.74 Å². The Morgan fingerprint density at radius 3 is 2.65 bits per heavy atom. The van der Waals surface area contributed by atoms with Crippen molar-refractivity contribution in [2.24, 2.45) is 5.41 Å². The van der Waals surface area contributed by atoms with Gasteiger partial charge < -0.3 is 9.64 Å². The molecule has 1 aromatic rings. The Morgan fingerprint density at radius 2 is 2.12 bits per heavy atom. The van der Waals surface area contributed by atoms with Crippen molar-refractivity contribution in [1.82, 2.24) is 14.9 Å². The minimum absolute atomic E-state index is 0.455. The van der Waals surface area contributed by atoms with E-state index in [9.17, 15) is 0 Å². The van der Waals surface area contributed by atoms with E-state index in [0.29, 0.717) is 11.4 Å². The van der Waals surface area contributed by atoms with Crippen LogP contribution in [-0.4, -0.2) is 41.6 Å². The van der Waals surface area contributed by atoms with Crippen molar-refractivity contribution in [1.29, 1.82) is 0 Å². The Balaban J connectivity index is 1.87. The maximum atomic E-state index is 5.00. The Hall–Kier alpha value is -1.16. The molecule has 1 aromatic heterocycles. The van der Waals surface area contributed by atoms with Crippen LogP contribution >= 0.6 is 0 Å². The van der Waals surface area contributed by atoms with Gasteiger partial charge in [-0.25, -0.2) is 9.97 Å². The van der Waals surface area contributed by atoms with Crippen LogP contribution in [0, 0.1) is 12.3 Å². The third-order valence-electron chi connectivity index (χ3n) is 3.24. The highest BCUT2D eigenvalue weighted by molar-refractivity contribution is 5.18. The average Bonchev–Trinajstić information content (AvgIpc) is 2.24. The number of rotatable bonds is 4. The number of nitrogens with zero attached hydrogens (tertiary/aromatic N) is 3. The molecule has 1 aliphatic rings. The van der Waals surface area contributed by atoms with Gasteiger partial charge in [0, 0.05) is 31.5 Å². The van der Waals surface area contributed by atoms with Gasteiger partial charge in [0.15, 0.2) is 0 Å². The van der Waals surface area contributed by atoms with Crippen molar-refractivity contribution in [3.8, 4) is 6.01 Å². The van der Waals surface area contributed by atoms with Gasteiger partial charge in [-0.2, -0.15) is 0 Å². The highest BCUT2D eigenvalue weighted by Gasteiger charge is 2.33. The molecule has 17 heavy (non-hydrogen) atoms. The first-order chi connectivity index (χ1) is 8.00. The van der Waals surface area contributed by atoms with Gasteiger partial charge in [0.2, 0.25) is 0 Å². The van der Waals surface area contributed by atoms with Gasteiger partial charge in [0.1, 0.15) is 0 Å². The zero-order valence-corrected chi connectivity index (χ0v) is 11.2. The SMILES string of the molecule is COc1ncc(CCN2CC(C)(C)C2)c(C)n1. The molecule has 0 radical (unpaired) electrons. The number of likely N-dealkylation sites (tertiary alicyclic amines) is 1. The summed E-state index contributed by atoms with van der Waals surface area (Å²) in [6.45, 7) is 10.1. The van der Waals surface area contributed by atoms with E-state index in [1.807, 2.05) is 13.1 Å². The summed E-state index contributed by atoms with van der Waals surface area (Å²) < 4.78 is 5.00. The van der Waals surface area contributed by atoms with Crippen molar-refractivity contribution in [3.63, 3.8) is 0 Å². The minimum atomic E-state index is 0.455. The summed E-state index contributed by atoms with van der Waals surface area (Å²) in [4.78, 5) is 10.9. The average molecular weight is 235 g/mol. The number of ether oxygens (including phenoxy) is 1. The lowest BCUT2D eigenvalue weighted by atomic mass is 9.84. The molecule has 0 amide bonds. The Labute approximate surface area is 103 Å². The summed E-state index contributed by atoms with van der Waals surface area (Å²) in [5.74, 6) is 0. The van der Waals surface area contributed by atoms with Crippen LogP contribution in [0.1, 0.15) is 25.1 Å². The van der Waals surface area contributed by atoms with Crippen LogP contribution < -0.4 is 4.74 Å². The maximum absolute atomic E-state index is 5.00. The highest BCUT2D eigenvalue weighted by Crippen LogP contribution is 2.28. The molecular formula is C13H21N3O. The molecule has 1 aliphatic heterocycles. The molecule has 0 aliphatic carbocycles. The predicted octanol–water partition coefficient (Wildman–Crippen LogP) is 1.68. The van der Waals surface area contributed by atoms with E-state index in [1.54, 1.807) is 7.11 Å². The summed E-state index contributed by atoms with van der Waals surface area (Å²) in [5.41, 5.74) is 2.75. The van der Waals surface area contributed by atoms with Crippen LogP contribution in [0.3, 0.4) is 0 Å². The standard InChI is InChI=1S/C13H21N3O/c1-10-11(7-14-12(15-10)17-4)5-6-16-8-13(2,3)9-16/h7H,5-6,8-9H2,1-4H3. The van der Waals surface area contributed by atoms with Gasteiger partial charge in [0.05, 0.1) is 7.11 Å². The smallest absolute Gasteiger partial charge is 0.316 e. The zero-order valence-electron chi connectivity index (χ0n) is 11.2. The lowest BCUT2D eigenvalue weighted by Gasteiger charge is -2.46. The predicted molar refractivity (Wildman–Crippen MR) is 67.2 cm³/mol. The molecule has 0 aromatic carbocycles. The number of methoxy groups -OCH3 is 1. The summed E-state index contributed by atoms with van der Waals surface area (Å²) in [5, 5.41) is 0.